The molecule has 4 heteroatoms. The number of halogens is 2. The third-order valence-electron chi connectivity index (χ3n) is 3.26. The van der Waals surface area contributed by atoms with Crippen LogP contribution in [0, 0.1) is 5.82 Å². The minimum Gasteiger partial charge on any atom is -0.377 e. The highest BCUT2D eigenvalue weighted by molar-refractivity contribution is 6.30. The van der Waals surface area contributed by atoms with Gasteiger partial charge >= 0.3 is 0 Å². The first kappa shape index (κ1) is 13.8. The molecule has 1 aliphatic carbocycles. The van der Waals surface area contributed by atoms with Gasteiger partial charge in [-0.1, -0.05) is 24.4 Å². The molecule has 1 N–H and O–H groups in total. The topological polar surface area (TPSA) is 21.3 Å². The summed E-state index contributed by atoms with van der Waals surface area (Å²) in [5.74, 6) is -0.219. The summed E-state index contributed by atoms with van der Waals surface area (Å²) >= 11 is 5.82. The Hall–Kier alpha value is -0.640. The van der Waals surface area contributed by atoms with Gasteiger partial charge in [-0.25, -0.2) is 4.39 Å². The molecule has 2 nitrogen and oxygen atoms in total. The number of hydrogen-bond donors (Lipinski definition) is 1. The largest absolute Gasteiger partial charge is 0.377 e. The molecule has 1 aliphatic rings. The van der Waals surface area contributed by atoms with Crippen LogP contribution in [0.1, 0.15) is 31.2 Å². The van der Waals surface area contributed by atoms with Gasteiger partial charge in [0.2, 0.25) is 0 Å². The highest BCUT2D eigenvalue weighted by atomic mass is 35.5. The second kappa shape index (κ2) is 7.07. The molecule has 1 aromatic carbocycles. The predicted molar refractivity (Wildman–Crippen MR) is 71.3 cm³/mol. The first-order valence-corrected chi connectivity index (χ1v) is 6.90. The number of benzene rings is 1. The van der Waals surface area contributed by atoms with E-state index in [9.17, 15) is 4.39 Å². The summed E-state index contributed by atoms with van der Waals surface area (Å²) in [6, 6.07) is 4.61. The Balaban J connectivity index is 1.64. The van der Waals surface area contributed by atoms with Gasteiger partial charge in [0.25, 0.3) is 0 Å². The van der Waals surface area contributed by atoms with E-state index in [0.717, 1.165) is 6.54 Å². The number of nitrogens with one attached hydrogen (secondary N) is 1. The highest BCUT2D eigenvalue weighted by Crippen LogP contribution is 2.20. The van der Waals surface area contributed by atoms with Crippen molar-refractivity contribution < 1.29 is 9.13 Å². The van der Waals surface area contributed by atoms with Gasteiger partial charge in [-0.2, -0.15) is 0 Å². The zero-order chi connectivity index (χ0) is 12.8. The van der Waals surface area contributed by atoms with Crippen LogP contribution in [0.5, 0.6) is 0 Å². The van der Waals surface area contributed by atoms with E-state index < -0.39 is 0 Å². The Morgan fingerprint density at radius 2 is 2.11 bits per heavy atom. The first-order chi connectivity index (χ1) is 8.75. The highest BCUT2D eigenvalue weighted by Gasteiger charge is 2.14. The van der Waals surface area contributed by atoms with Crippen LogP contribution in [-0.4, -0.2) is 19.3 Å². The Labute approximate surface area is 112 Å². The van der Waals surface area contributed by atoms with Crippen molar-refractivity contribution in [3.05, 3.63) is 34.6 Å². The van der Waals surface area contributed by atoms with Crippen LogP contribution in [0.3, 0.4) is 0 Å². The van der Waals surface area contributed by atoms with E-state index in [-0.39, 0.29) is 5.82 Å². The fourth-order valence-corrected chi connectivity index (χ4v) is 2.45. The molecule has 0 atom stereocenters. The van der Waals surface area contributed by atoms with Crippen molar-refractivity contribution in [3.8, 4) is 0 Å². The number of rotatable bonds is 6. The molecule has 2 rings (SSSR count). The second-order valence-corrected chi connectivity index (χ2v) is 5.13. The van der Waals surface area contributed by atoms with Gasteiger partial charge in [-0.3, -0.25) is 0 Å². The Kier molecular flexibility index (Phi) is 5.42. The van der Waals surface area contributed by atoms with Gasteiger partial charge in [-0.05, 0) is 31.0 Å². The van der Waals surface area contributed by atoms with Crippen LogP contribution in [0.25, 0.3) is 0 Å². The normalized spacial score (nSPS) is 16.3. The summed E-state index contributed by atoms with van der Waals surface area (Å²) < 4.78 is 19.1. The molecule has 0 aliphatic heterocycles. The molecule has 0 saturated heterocycles. The number of hydrogen-bond acceptors (Lipinski definition) is 2. The maximum absolute atomic E-state index is 13.4. The van der Waals surface area contributed by atoms with Crippen molar-refractivity contribution >= 4 is 11.6 Å². The van der Waals surface area contributed by atoms with Crippen molar-refractivity contribution in [2.45, 2.75) is 38.3 Å². The van der Waals surface area contributed by atoms with E-state index >= 15 is 0 Å². The lowest BCUT2D eigenvalue weighted by Gasteiger charge is -2.11. The molecule has 0 bridgehead atoms. The molecule has 0 unspecified atom stereocenters. The molecule has 0 amide bonds. The van der Waals surface area contributed by atoms with Gasteiger partial charge in [0.1, 0.15) is 5.82 Å². The van der Waals surface area contributed by atoms with Crippen molar-refractivity contribution in [2.75, 3.05) is 13.2 Å². The average Bonchev–Trinajstić information content (AvgIpc) is 2.86. The zero-order valence-electron chi connectivity index (χ0n) is 10.4. The maximum Gasteiger partial charge on any atom is 0.127 e. The molecule has 1 saturated carbocycles. The third kappa shape index (κ3) is 4.23. The molecule has 0 spiro atoms. The minimum atomic E-state index is -0.219. The fourth-order valence-electron chi connectivity index (χ4n) is 2.25. The Bertz CT molecular complexity index is 380. The lowest BCUT2D eigenvalue weighted by molar-refractivity contribution is 0.0602. The van der Waals surface area contributed by atoms with E-state index in [0.29, 0.717) is 29.8 Å². The van der Waals surface area contributed by atoms with Crippen LogP contribution in [0.15, 0.2) is 18.2 Å². The molecule has 1 fully saturated rings. The van der Waals surface area contributed by atoms with Crippen LogP contribution in [-0.2, 0) is 11.3 Å². The first-order valence-electron chi connectivity index (χ1n) is 6.52. The van der Waals surface area contributed by atoms with Crippen LogP contribution >= 0.6 is 11.6 Å². The van der Waals surface area contributed by atoms with Crippen LogP contribution in [0.2, 0.25) is 5.02 Å². The maximum atomic E-state index is 13.4. The molecule has 0 radical (unpaired) electrons. The summed E-state index contributed by atoms with van der Waals surface area (Å²) in [4.78, 5) is 0. The Morgan fingerprint density at radius 3 is 2.89 bits per heavy atom. The van der Waals surface area contributed by atoms with E-state index in [1.807, 2.05) is 0 Å². The van der Waals surface area contributed by atoms with E-state index in [4.69, 9.17) is 16.3 Å². The monoisotopic (exact) mass is 271 g/mol. The lowest BCUT2D eigenvalue weighted by Crippen LogP contribution is -2.22. The fraction of sp³-hybridized carbons (Fsp3) is 0.571. The molecule has 0 heterocycles. The SMILES string of the molecule is Fc1ccc(Cl)cc1CNCCOC1CCCC1. The Morgan fingerprint density at radius 1 is 1.33 bits per heavy atom. The summed E-state index contributed by atoms with van der Waals surface area (Å²) in [5.41, 5.74) is 0.600. The van der Waals surface area contributed by atoms with Crippen LogP contribution < -0.4 is 5.32 Å². The van der Waals surface area contributed by atoms with Crippen molar-refractivity contribution in [1.29, 1.82) is 0 Å². The molecule has 0 aromatic heterocycles. The van der Waals surface area contributed by atoms with Gasteiger partial charge in [-0.15, -0.1) is 0 Å². The predicted octanol–water partition coefficient (Wildman–Crippen LogP) is 3.53. The summed E-state index contributed by atoms with van der Waals surface area (Å²) in [7, 11) is 0. The summed E-state index contributed by atoms with van der Waals surface area (Å²) in [6.07, 6.45) is 5.37. The van der Waals surface area contributed by atoms with Gasteiger partial charge < -0.3 is 10.1 Å². The molecular weight excluding hydrogens is 253 g/mol. The third-order valence-corrected chi connectivity index (χ3v) is 3.49. The average molecular weight is 272 g/mol. The standard InChI is InChI=1S/C14H19ClFNO/c15-12-5-6-14(16)11(9-12)10-17-7-8-18-13-3-1-2-4-13/h5-6,9,13,17H,1-4,7-8,10H2. The smallest absolute Gasteiger partial charge is 0.127 e. The van der Waals surface area contributed by atoms with Gasteiger partial charge in [0.15, 0.2) is 0 Å². The van der Waals surface area contributed by atoms with Gasteiger partial charge in [0, 0.05) is 23.7 Å². The van der Waals surface area contributed by atoms with Crippen molar-refractivity contribution in [1.82, 2.24) is 5.32 Å². The van der Waals surface area contributed by atoms with E-state index in [1.165, 1.54) is 31.7 Å². The van der Waals surface area contributed by atoms with Crippen molar-refractivity contribution in [3.63, 3.8) is 0 Å². The molecule has 18 heavy (non-hydrogen) atoms. The minimum absolute atomic E-state index is 0.219. The molecule has 1 aromatic rings. The van der Waals surface area contributed by atoms with E-state index in [2.05, 4.69) is 5.32 Å². The zero-order valence-corrected chi connectivity index (χ0v) is 11.2. The molecule has 100 valence electrons. The lowest BCUT2D eigenvalue weighted by atomic mass is 10.2. The van der Waals surface area contributed by atoms with Gasteiger partial charge in [0.05, 0.1) is 12.7 Å². The molecular formula is C14H19ClFNO. The number of ether oxygens (including phenoxy) is 1. The quantitative estimate of drug-likeness (QED) is 0.799. The second-order valence-electron chi connectivity index (χ2n) is 4.69. The van der Waals surface area contributed by atoms with Crippen molar-refractivity contribution in [2.24, 2.45) is 0 Å². The van der Waals surface area contributed by atoms with Crippen LogP contribution in [0.4, 0.5) is 4.39 Å². The summed E-state index contributed by atoms with van der Waals surface area (Å²) in [6.45, 7) is 1.91. The van der Waals surface area contributed by atoms with E-state index in [1.54, 1.807) is 12.1 Å². The summed E-state index contributed by atoms with van der Waals surface area (Å²) in [5, 5.41) is 3.74.